The number of aryl methyl sites for hydroxylation is 1. The van der Waals surface area contributed by atoms with Gasteiger partial charge in [0.25, 0.3) is 0 Å². The lowest BCUT2D eigenvalue weighted by Gasteiger charge is -2.14. The number of carbonyl (C=O) groups excluding carboxylic acids is 1. The Balaban J connectivity index is 2.86. The van der Waals surface area contributed by atoms with Crippen molar-refractivity contribution >= 4 is 5.91 Å². The van der Waals surface area contributed by atoms with Crippen LogP contribution in [0.1, 0.15) is 31.4 Å². The first-order valence-corrected chi connectivity index (χ1v) is 6.52. The van der Waals surface area contributed by atoms with Crippen LogP contribution in [0.25, 0.3) is 0 Å². The zero-order valence-corrected chi connectivity index (χ0v) is 12.4. The molecule has 1 rings (SSSR count). The molecule has 0 aromatic heterocycles. The molecule has 19 heavy (non-hydrogen) atoms. The summed E-state index contributed by atoms with van der Waals surface area (Å²) in [6, 6.07) is 3.96. The summed E-state index contributed by atoms with van der Waals surface area (Å²) in [5.74, 6) is 1.37. The van der Waals surface area contributed by atoms with E-state index in [0.29, 0.717) is 17.9 Å². The number of ether oxygens (including phenoxy) is 2. The highest BCUT2D eigenvalue weighted by Gasteiger charge is 2.12. The van der Waals surface area contributed by atoms with E-state index in [9.17, 15) is 4.79 Å². The Morgan fingerprint density at radius 2 is 1.84 bits per heavy atom. The Hall–Kier alpha value is -1.71. The molecule has 0 bridgehead atoms. The molecule has 1 aromatic rings. The molecule has 1 unspecified atom stereocenters. The number of hydrogen-bond donors (Lipinski definition) is 1. The van der Waals surface area contributed by atoms with Crippen molar-refractivity contribution in [3.05, 3.63) is 23.3 Å². The van der Waals surface area contributed by atoms with Gasteiger partial charge < -0.3 is 14.8 Å². The van der Waals surface area contributed by atoms with E-state index in [0.717, 1.165) is 17.5 Å². The fourth-order valence-electron chi connectivity index (χ4n) is 1.81. The van der Waals surface area contributed by atoms with Gasteiger partial charge in [-0.25, -0.2) is 0 Å². The van der Waals surface area contributed by atoms with Crippen LogP contribution >= 0.6 is 0 Å². The van der Waals surface area contributed by atoms with Gasteiger partial charge in [0.2, 0.25) is 5.91 Å². The fraction of sp³-hybridized carbons (Fsp3) is 0.533. The van der Waals surface area contributed by atoms with Crippen LogP contribution in [-0.4, -0.2) is 26.2 Å². The van der Waals surface area contributed by atoms with Gasteiger partial charge >= 0.3 is 0 Å². The molecule has 0 saturated carbocycles. The number of carbonyl (C=O) groups is 1. The fourth-order valence-corrected chi connectivity index (χ4v) is 1.81. The number of nitrogens with one attached hydrogen (secondary N) is 1. The normalized spacial score (nSPS) is 11.8. The maximum Gasteiger partial charge on any atom is 0.224 e. The quantitative estimate of drug-likeness (QED) is 0.859. The van der Waals surface area contributed by atoms with E-state index in [1.807, 2.05) is 32.9 Å². The van der Waals surface area contributed by atoms with Crippen LogP contribution in [0.4, 0.5) is 0 Å². The van der Waals surface area contributed by atoms with Crippen molar-refractivity contribution < 1.29 is 14.3 Å². The lowest BCUT2D eigenvalue weighted by Crippen LogP contribution is -2.33. The minimum atomic E-state index is 0.0321. The Labute approximate surface area is 115 Å². The predicted molar refractivity (Wildman–Crippen MR) is 75.9 cm³/mol. The van der Waals surface area contributed by atoms with E-state index in [-0.39, 0.29) is 11.9 Å². The van der Waals surface area contributed by atoms with E-state index < -0.39 is 0 Å². The highest BCUT2D eigenvalue weighted by molar-refractivity contribution is 5.79. The molecule has 0 heterocycles. The minimum absolute atomic E-state index is 0.0321. The Morgan fingerprint density at radius 3 is 2.37 bits per heavy atom. The number of hydrogen-bond acceptors (Lipinski definition) is 3. The third-order valence-electron chi connectivity index (χ3n) is 3.21. The maximum atomic E-state index is 11.9. The van der Waals surface area contributed by atoms with E-state index >= 15 is 0 Å². The first-order valence-electron chi connectivity index (χ1n) is 6.52. The van der Waals surface area contributed by atoms with Crippen LogP contribution in [0, 0.1) is 6.92 Å². The van der Waals surface area contributed by atoms with Crippen molar-refractivity contribution in [1.82, 2.24) is 5.32 Å². The van der Waals surface area contributed by atoms with Crippen LogP contribution in [0.3, 0.4) is 0 Å². The van der Waals surface area contributed by atoms with Crippen LogP contribution in [0.15, 0.2) is 12.1 Å². The van der Waals surface area contributed by atoms with Crippen LogP contribution in [0.5, 0.6) is 11.5 Å². The molecule has 4 nitrogen and oxygen atoms in total. The summed E-state index contributed by atoms with van der Waals surface area (Å²) in [7, 11) is 3.20. The molecule has 4 heteroatoms. The first kappa shape index (κ1) is 15.3. The van der Waals surface area contributed by atoms with Gasteiger partial charge in [-0.15, -0.1) is 0 Å². The average molecular weight is 265 g/mol. The van der Waals surface area contributed by atoms with Gasteiger partial charge in [0.1, 0.15) is 0 Å². The zero-order chi connectivity index (χ0) is 14.4. The molecule has 0 aliphatic carbocycles. The molecule has 1 aromatic carbocycles. The van der Waals surface area contributed by atoms with E-state index in [4.69, 9.17) is 9.47 Å². The maximum absolute atomic E-state index is 11.9. The molecular formula is C15H23NO3. The average Bonchev–Trinajstić information content (AvgIpc) is 2.40. The van der Waals surface area contributed by atoms with Gasteiger partial charge in [-0.3, -0.25) is 4.79 Å². The zero-order valence-electron chi connectivity index (χ0n) is 12.4. The number of methoxy groups -OCH3 is 2. The molecule has 0 aliphatic heterocycles. The van der Waals surface area contributed by atoms with Gasteiger partial charge in [0, 0.05) is 6.04 Å². The molecule has 0 spiro atoms. The Bertz CT molecular complexity index is 443. The Kier molecular flexibility index (Phi) is 5.67. The van der Waals surface area contributed by atoms with Gasteiger partial charge in [-0.2, -0.15) is 0 Å². The standard InChI is InChI=1S/C15H23NO3/c1-6-11(3)16-15(17)9-12-8-14(19-5)13(18-4)7-10(12)2/h7-8,11H,6,9H2,1-5H3,(H,16,17). The molecule has 1 atom stereocenters. The topological polar surface area (TPSA) is 47.6 Å². The molecule has 106 valence electrons. The summed E-state index contributed by atoms with van der Waals surface area (Å²) in [5.41, 5.74) is 1.98. The molecular weight excluding hydrogens is 242 g/mol. The largest absolute Gasteiger partial charge is 0.493 e. The summed E-state index contributed by atoms with van der Waals surface area (Å²) in [4.78, 5) is 11.9. The predicted octanol–water partition coefficient (Wildman–Crippen LogP) is 2.47. The molecule has 1 amide bonds. The summed E-state index contributed by atoms with van der Waals surface area (Å²) >= 11 is 0. The van der Waals surface area contributed by atoms with E-state index in [2.05, 4.69) is 5.32 Å². The van der Waals surface area contributed by atoms with Crippen molar-refractivity contribution in [3.8, 4) is 11.5 Å². The van der Waals surface area contributed by atoms with Gasteiger partial charge in [-0.1, -0.05) is 6.92 Å². The summed E-state index contributed by atoms with van der Waals surface area (Å²) in [6.45, 7) is 6.01. The molecule has 0 fully saturated rings. The third-order valence-corrected chi connectivity index (χ3v) is 3.21. The molecule has 0 aliphatic rings. The van der Waals surface area contributed by atoms with E-state index in [1.165, 1.54) is 0 Å². The number of amides is 1. The summed E-state index contributed by atoms with van der Waals surface area (Å²) in [5, 5.41) is 2.96. The van der Waals surface area contributed by atoms with E-state index in [1.54, 1.807) is 14.2 Å². The number of benzene rings is 1. The first-order chi connectivity index (χ1) is 9.01. The second kappa shape index (κ2) is 7.02. The summed E-state index contributed by atoms with van der Waals surface area (Å²) in [6.07, 6.45) is 1.28. The lowest BCUT2D eigenvalue weighted by atomic mass is 10.0. The van der Waals surface area contributed by atoms with Gasteiger partial charge in [0.15, 0.2) is 11.5 Å². The van der Waals surface area contributed by atoms with Crippen molar-refractivity contribution in [2.75, 3.05) is 14.2 Å². The molecule has 0 saturated heterocycles. The summed E-state index contributed by atoms with van der Waals surface area (Å²) < 4.78 is 10.5. The lowest BCUT2D eigenvalue weighted by molar-refractivity contribution is -0.121. The van der Waals surface area contributed by atoms with Gasteiger partial charge in [-0.05, 0) is 43.5 Å². The second-order valence-corrected chi connectivity index (χ2v) is 4.69. The van der Waals surface area contributed by atoms with Crippen LogP contribution in [-0.2, 0) is 11.2 Å². The third kappa shape index (κ3) is 4.16. The SMILES string of the molecule is CCC(C)NC(=O)Cc1cc(OC)c(OC)cc1C. The Morgan fingerprint density at radius 1 is 1.26 bits per heavy atom. The van der Waals surface area contributed by atoms with Crippen LogP contribution in [0.2, 0.25) is 0 Å². The van der Waals surface area contributed by atoms with Crippen LogP contribution < -0.4 is 14.8 Å². The monoisotopic (exact) mass is 265 g/mol. The second-order valence-electron chi connectivity index (χ2n) is 4.69. The molecule has 0 radical (unpaired) electrons. The van der Waals surface area contributed by atoms with Crippen molar-refractivity contribution in [2.45, 2.75) is 39.7 Å². The molecule has 1 N–H and O–H groups in total. The smallest absolute Gasteiger partial charge is 0.224 e. The number of rotatable bonds is 6. The highest BCUT2D eigenvalue weighted by atomic mass is 16.5. The highest BCUT2D eigenvalue weighted by Crippen LogP contribution is 2.30. The minimum Gasteiger partial charge on any atom is -0.493 e. The van der Waals surface area contributed by atoms with Gasteiger partial charge in [0.05, 0.1) is 20.6 Å². The van der Waals surface area contributed by atoms with Crippen molar-refractivity contribution in [1.29, 1.82) is 0 Å². The van der Waals surface area contributed by atoms with Crippen molar-refractivity contribution in [3.63, 3.8) is 0 Å². The van der Waals surface area contributed by atoms with Crippen molar-refractivity contribution in [2.24, 2.45) is 0 Å².